The molecule has 2 aromatic rings. The molecule has 1 spiro atoms. The summed E-state index contributed by atoms with van der Waals surface area (Å²) >= 11 is 0. The molecule has 36 heavy (non-hydrogen) atoms. The van der Waals surface area contributed by atoms with E-state index in [-0.39, 0.29) is 49.3 Å². The van der Waals surface area contributed by atoms with E-state index in [1.54, 1.807) is 45.3 Å². The molecule has 4 rings (SSSR count). The molecule has 0 aromatic heterocycles. The Morgan fingerprint density at radius 1 is 1.11 bits per heavy atom. The zero-order valence-electron chi connectivity index (χ0n) is 21.0. The lowest BCUT2D eigenvalue weighted by molar-refractivity contribution is -0.124. The Bertz CT molecular complexity index is 1350. The maximum Gasteiger partial charge on any atom is 0.253 e. The molecule has 2 amide bonds. The van der Waals surface area contributed by atoms with Gasteiger partial charge in [-0.2, -0.15) is 0 Å². The summed E-state index contributed by atoms with van der Waals surface area (Å²) in [6, 6.07) is 9.87. The number of carbonyl (C=O) groups is 2. The van der Waals surface area contributed by atoms with Gasteiger partial charge in [-0.15, -0.1) is 0 Å². The molecule has 10 heteroatoms. The maximum absolute atomic E-state index is 13.6. The zero-order chi connectivity index (χ0) is 26.3. The van der Waals surface area contributed by atoms with E-state index in [1.165, 1.54) is 15.3 Å². The van der Waals surface area contributed by atoms with Gasteiger partial charge in [-0.3, -0.25) is 14.6 Å². The number of piperidine rings is 1. The van der Waals surface area contributed by atoms with Crippen LogP contribution in [0.4, 0.5) is 4.39 Å². The summed E-state index contributed by atoms with van der Waals surface area (Å²) in [5, 5.41) is 2.80. The van der Waals surface area contributed by atoms with Crippen LogP contribution in [0.3, 0.4) is 0 Å². The number of sulfonamides is 1. The van der Waals surface area contributed by atoms with Crippen LogP contribution in [0.1, 0.15) is 45.5 Å². The van der Waals surface area contributed by atoms with Gasteiger partial charge in [-0.1, -0.05) is 6.07 Å². The highest BCUT2D eigenvalue weighted by Gasteiger charge is 2.47. The third kappa shape index (κ3) is 5.05. The molecular weight excluding hydrogens is 483 g/mol. The lowest BCUT2D eigenvalue weighted by Crippen LogP contribution is -2.50. The van der Waals surface area contributed by atoms with Crippen LogP contribution in [0.2, 0.25) is 0 Å². The van der Waals surface area contributed by atoms with E-state index in [2.05, 4.69) is 10.3 Å². The van der Waals surface area contributed by atoms with Crippen molar-refractivity contribution in [3.63, 3.8) is 0 Å². The number of amidine groups is 1. The Labute approximate surface area is 211 Å². The summed E-state index contributed by atoms with van der Waals surface area (Å²) in [6.45, 7) is 3.92. The van der Waals surface area contributed by atoms with Crippen molar-refractivity contribution in [1.82, 2.24) is 14.5 Å². The number of nitrogens with one attached hydrogen (secondary N) is 1. The highest BCUT2D eigenvalue weighted by atomic mass is 32.2. The van der Waals surface area contributed by atoms with Crippen LogP contribution in [0.25, 0.3) is 0 Å². The molecule has 0 radical (unpaired) electrons. The standard InChI is InChI=1S/C26H31FN4O4S/c1-17-15-21(24(32)30(3)4)6-5-19(17)9-14-36(34,35)31-12-10-26(11-13-31)25(33)28-23(29-26)20-7-8-22(27)18(2)16-20/h5-8,15-16H,9-14H2,1-4H3,(H,28,29,33). The first-order valence-corrected chi connectivity index (χ1v) is 13.5. The molecule has 0 saturated carbocycles. The molecule has 1 saturated heterocycles. The number of amides is 2. The number of hydrogen-bond donors (Lipinski definition) is 1. The minimum atomic E-state index is -3.54. The maximum atomic E-state index is 13.6. The number of rotatable bonds is 6. The van der Waals surface area contributed by atoms with Gasteiger partial charge >= 0.3 is 0 Å². The summed E-state index contributed by atoms with van der Waals surface area (Å²) in [4.78, 5) is 31.1. The van der Waals surface area contributed by atoms with Crippen molar-refractivity contribution >= 4 is 27.7 Å². The number of benzene rings is 2. The van der Waals surface area contributed by atoms with Crippen LogP contribution in [0, 0.1) is 19.7 Å². The van der Waals surface area contributed by atoms with Crippen molar-refractivity contribution < 1.29 is 22.4 Å². The van der Waals surface area contributed by atoms with Crippen LogP contribution in [-0.4, -0.2) is 73.7 Å². The molecule has 0 atom stereocenters. The SMILES string of the molecule is Cc1cc(C2=NC3(CCN(S(=O)(=O)CCc4ccc(C(=O)N(C)C)cc4C)CC3)C(=O)N2)ccc1F. The molecule has 8 nitrogen and oxygen atoms in total. The van der Waals surface area contributed by atoms with Crippen molar-refractivity contribution in [2.24, 2.45) is 4.99 Å². The third-order valence-electron chi connectivity index (χ3n) is 6.98. The van der Waals surface area contributed by atoms with Crippen molar-refractivity contribution in [3.05, 3.63) is 70.0 Å². The first kappa shape index (κ1) is 26.0. The van der Waals surface area contributed by atoms with E-state index in [4.69, 9.17) is 0 Å². The molecule has 192 valence electrons. The molecule has 2 aromatic carbocycles. The van der Waals surface area contributed by atoms with Crippen molar-refractivity contribution in [3.8, 4) is 0 Å². The third-order valence-corrected chi connectivity index (χ3v) is 8.85. The second-order valence-electron chi connectivity index (χ2n) is 9.72. The van der Waals surface area contributed by atoms with E-state index < -0.39 is 15.6 Å². The normalized spacial score (nSPS) is 17.7. The second-order valence-corrected chi connectivity index (χ2v) is 11.8. The van der Waals surface area contributed by atoms with Crippen LogP contribution in [0.5, 0.6) is 0 Å². The molecule has 0 bridgehead atoms. The van der Waals surface area contributed by atoms with Gasteiger partial charge < -0.3 is 10.2 Å². The van der Waals surface area contributed by atoms with Crippen LogP contribution >= 0.6 is 0 Å². The molecule has 2 aliphatic rings. The Morgan fingerprint density at radius 2 is 1.81 bits per heavy atom. The highest BCUT2D eigenvalue weighted by Crippen LogP contribution is 2.32. The van der Waals surface area contributed by atoms with Gasteiger partial charge in [0, 0.05) is 38.3 Å². The number of hydrogen-bond acceptors (Lipinski definition) is 5. The Morgan fingerprint density at radius 3 is 2.42 bits per heavy atom. The molecule has 1 N–H and O–H groups in total. The molecule has 0 unspecified atom stereocenters. The number of aliphatic imine (C=N–C) groups is 1. The molecule has 1 fully saturated rings. The Hall–Kier alpha value is -3.11. The lowest BCUT2D eigenvalue weighted by atomic mass is 9.89. The topological polar surface area (TPSA) is 99.2 Å². The van der Waals surface area contributed by atoms with E-state index in [1.807, 2.05) is 13.0 Å². The predicted molar refractivity (Wildman–Crippen MR) is 136 cm³/mol. The molecular formula is C26H31FN4O4S. The van der Waals surface area contributed by atoms with E-state index in [9.17, 15) is 22.4 Å². The fraction of sp³-hybridized carbons (Fsp3) is 0.423. The monoisotopic (exact) mass is 514 g/mol. The summed E-state index contributed by atoms with van der Waals surface area (Å²) < 4.78 is 41.2. The lowest BCUT2D eigenvalue weighted by Gasteiger charge is -2.34. The molecule has 0 aliphatic carbocycles. The quantitative estimate of drug-likeness (QED) is 0.640. The Kier molecular flexibility index (Phi) is 7.03. The summed E-state index contributed by atoms with van der Waals surface area (Å²) in [5.41, 5.74) is 2.39. The van der Waals surface area contributed by atoms with E-state index in [0.717, 1.165) is 11.1 Å². The number of aryl methyl sites for hydroxylation is 3. The van der Waals surface area contributed by atoms with Gasteiger partial charge in [0.05, 0.1) is 5.75 Å². The van der Waals surface area contributed by atoms with Gasteiger partial charge in [0.25, 0.3) is 11.8 Å². The zero-order valence-corrected chi connectivity index (χ0v) is 21.8. The van der Waals surface area contributed by atoms with E-state index in [0.29, 0.717) is 28.9 Å². The largest absolute Gasteiger partial charge is 0.345 e. The van der Waals surface area contributed by atoms with Gasteiger partial charge in [0.2, 0.25) is 10.0 Å². The van der Waals surface area contributed by atoms with Gasteiger partial charge in [-0.05, 0) is 80.1 Å². The molecule has 2 heterocycles. The van der Waals surface area contributed by atoms with Crippen molar-refractivity contribution in [2.75, 3.05) is 32.9 Å². The smallest absolute Gasteiger partial charge is 0.253 e. The van der Waals surface area contributed by atoms with Crippen LogP contribution in [0.15, 0.2) is 41.4 Å². The average Bonchev–Trinajstić information content (AvgIpc) is 3.15. The molecule has 2 aliphatic heterocycles. The van der Waals surface area contributed by atoms with Crippen molar-refractivity contribution in [2.45, 2.75) is 38.6 Å². The van der Waals surface area contributed by atoms with Crippen LogP contribution < -0.4 is 5.32 Å². The Balaban J connectivity index is 1.41. The first-order valence-electron chi connectivity index (χ1n) is 11.9. The number of carbonyl (C=O) groups excluding carboxylic acids is 2. The van der Waals surface area contributed by atoms with Crippen LogP contribution in [-0.2, 0) is 21.2 Å². The minimum Gasteiger partial charge on any atom is -0.345 e. The first-order chi connectivity index (χ1) is 16.9. The van der Waals surface area contributed by atoms with E-state index >= 15 is 0 Å². The summed E-state index contributed by atoms with van der Waals surface area (Å²) in [5.74, 6) is -0.344. The van der Waals surface area contributed by atoms with Gasteiger partial charge in [0.1, 0.15) is 17.2 Å². The number of nitrogens with zero attached hydrogens (tertiary/aromatic N) is 3. The van der Waals surface area contributed by atoms with Gasteiger partial charge in [-0.25, -0.2) is 17.1 Å². The van der Waals surface area contributed by atoms with Crippen molar-refractivity contribution in [1.29, 1.82) is 0 Å². The predicted octanol–water partition coefficient (Wildman–Crippen LogP) is 2.43. The second kappa shape index (κ2) is 9.74. The van der Waals surface area contributed by atoms with Gasteiger partial charge in [0.15, 0.2) is 0 Å². The fourth-order valence-electron chi connectivity index (χ4n) is 4.65. The average molecular weight is 515 g/mol. The summed E-state index contributed by atoms with van der Waals surface area (Å²) in [7, 11) is -0.169. The highest BCUT2D eigenvalue weighted by molar-refractivity contribution is 7.89. The summed E-state index contributed by atoms with van der Waals surface area (Å²) in [6.07, 6.45) is 0.892. The fourth-order valence-corrected chi connectivity index (χ4v) is 6.13. The number of halogens is 1. The minimum absolute atomic E-state index is 0.0582.